The first-order valence-corrected chi connectivity index (χ1v) is 12.2. The van der Waals surface area contributed by atoms with Gasteiger partial charge in [-0.2, -0.15) is 0 Å². The van der Waals surface area contributed by atoms with E-state index in [2.05, 4.69) is 6.92 Å². The van der Waals surface area contributed by atoms with Crippen molar-refractivity contribution in [2.45, 2.75) is 103 Å². The molecule has 1 aliphatic heterocycles. The van der Waals surface area contributed by atoms with Crippen molar-refractivity contribution >= 4 is 18.2 Å². The third-order valence-corrected chi connectivity index (χ3v) is 7.93. The molecule has 0 aromatic carbocycles. The molecule has 33 heavy (non-hydrogen) atoms. The number of esters is 2. The Hall–Kier alpha value is -1.77. The molecule has 2 fully saturated rings. The third kappa shape index (κ3) is 4.62. The lowest BCUT2D eigenvalue weighted by molar-refractivity contribution is -0.211. The Kier molecular flexibility index (Phi) is 8.02. The van der Waals surface area contributed by atoms with E-state index in [-0.39, 0.29) is 18.4 Å². The van der Waals surface area contributed by atoms with E-state index in [4.69, 9.17) is 9.47 Å². The summed E-state index contributed by atoms with van der Waals surface area (Å²) in [7, 11) is 0. The van der Waals surface area contributed by atoms with Gasteiger partial charge in [-0.15, -0.1) is 0 Å². The number of unbranched alkanes of at least 4 members (excludes halogenated alkanes) is 5. The monoisotopic (exact) mass is 466 g/mol. The molecule has 1 spiro atoms. The first kappa shape index (κ1) is 25.8. The van der Waals surface area contributed by atoms with Gasteiger partial charge in [-0.25, -0.2) is 4.79 Å². The smallest absolute Gasteiger partial charge is 0.335 e. The van der Waals surface area contributed by atoms with Crippen LogP contribution in [0.25, 0.3) is 0 Å². The van der Waals surface area contributed by atoms with Gasteiger partial charge in [0.1, 0.15) is 23.9 Å². The average molecular weight is 467 g/mol. The molecule has 1 saturated carbocycles. The van der Waals surface area contributed by atoms with Gasteiger partial charge in [0.15, 0.2) is 6.10 Å². The fourth-order valence-corrected chi connectivity index (χ4v) is 6.27. The molecule has 0 bridgehead atoms. The molecule has 1 heterocycles. The molecule has 8 heteroatoms. The summed E-state index contributed by atoms with van der Waals surface area (Å²) in [6, 6.07) is 0. The van der Waals surface area contributed by atoms with Crippen LogP contribution in [-0.4, -0.2) is 58.1 Å². The molecule has 0 aromatic rings. The zero-order valence-corrected chi connectivity index (χ0v) is 19.9. The second-order valence-corrected chi connectivity index (χ2v) is 10.5. The first-order valence-electron chi connectivity index (χ1n) is 12.2. The number of aliphatic hydroxyl groups is 3. The lowest BCUT2D eigenvalue weighted by Crippen LogP contribution is -2.65. The van der Waals surface area contributed by atoms with Crippen molar-refractivity contribution < 1.29 is 39.2 Å². The van der Waals surface area contributed by atoms with Gasteiger partial charge in [-0.3, -0.25) is 9.59 Å². The topological polar surface area (TPSA) is 130 Å². The van der Waals surface area contributed by atoms with Gasteiger partial charge in [0.2, 0.25) is 6.29 Å². The van der Waals surface area contributed by atoms with Crippen LogP contribution in [0.1, 0.15) is 78.6 Å². The van der Waals surface area contributed by atoms with E-state index in [1.54, 1.807) is 6.08 Å². The van der Waals surface area contributed by atoms with E-state index in [0.29, 0.717) is 19.1 Å². The Bertz CT molecular complexity index is 774. The van der Waals surface area contributed by atoms with Gasteiger partial charge in [0, 0.05) is 0 Å². The minimum Gasteiger partial charge on any atom is -0.458 e. The van der Waals surface area contributed by atoms with Crippen molar-refractivity contribution in [1.82, 2.24) is 0 Å². The Balaban J connectivity index is 1.75. The predicted octanol–water partition coefficient (Wildman–Crippen LogP) is 2.42. The number of allylic oxidation sites excluding steroid dienone is 1. The highest BCUT2D eigenvalue weighted by atomic mass is 16.6. The van der Waals surface area contributed by atoms with Crippen molar-refractivity contribution in [1.29, 1.82) is 0 Å². The first-order chi connectivity index (χ1) is 15.6. The Morgan fingerprint density at radius 2 is 1.91 bits per heavy atom. The fourth-order valence-electron chi connectivity index (χ4n) is 6.27. The van der Waals surface area contributed by atoms with Crippen LogP contribution in [0.5, 0.6) is 0 Å². The summed E-state index contributed by atoms with van der Waals surface area (Å²) in [5.41, 5.74) is -1.96. The lowest BCUT2D eigenvalue weighted by atomic mass is 9.46. The standard InChI is InChI=1S/C25H38O8/c1-4-5-6-7-8-9-10-16(27)21(29)32-17-13-24(2,3)18-12-11-15(14-26)19-22(30)33-23(31)25(18,19)20(17)28/h11,14,16-20,22,27-28,30H,4-10,12-13H2,1-3H3. The van der Waals surface area contributed by atoms with Crippen LogP contribution in [0.15, 0.2) is 11.6 Å². The van der Waals surface area contributed by atoms with Crippen LogP contribution in [0.4, 0.5) is 0 Å². The Morgan fingerprint density at radius 3 is 2.58 bits per heavy atom. The summed E-state index contributed by atoms with van der Waals surface area (Å²) < 4.78 is 10.7. The molecule has 8 nitrogen and oxygen atoms in total. The SMILES string of the molecule is CCCCCCCCC(O)C(=O)OC1CC(C)(C)C2CC=C(C=O)C3C(O)OC(=O)C32C1O. The largest absolute Gasteiger partial charge is 0.458 e. The number of carbonyl (C=O) groups excluding carboxylic acids is 3. The molecule has 1 saturated heterocycles. The highest BCUT2D eigenvalue weighted by Gasteiger charge is 2.73. The van der Waals surface area contributed by atoms with Crippen LogP contribution in [0.2, 0.25) is 0 Å². The van der Waals surface area contributed by atoms with Crippen LogP contribution >= 0.6 is 0 Å². The van der Waals surface area contributed by atoms with Crippen molar-refractivity contribution in [2.24, 2.45) is 22.7 Å². The molecule has 2 aliphatic carbocycles. The van der Waals surface area contributed by atoms with Crippen molar-refractivity contribution in [3.63, 3.8) is 0 Å². The molecular formula is C25H38O8. The quantitative estimate of drug-likeness (QED) is 0.254. The molecule has 7 atom stereocenters. The number of hydrogen-bond acceptors (Lipinski definition) is 8. The summed E-state index contributed by atoms with van der Waals surface area (Å²) in [5, 5.41) is 32.1. The zero-order chi connectivity index (χ0) is 24.4. The molecule has 7 unspecified atom stereocenters. The zero-order valence-electron chi connectivity index (χ0n) is 19.9. The van der Waals surface area contributed by atoms with Gasteiger partial charge < -0.3 is 24.8 Å². The molecule has 3 N–H and O–H groups in total. The van der Waals surface area contributed by atoms with Gasteiger partial charge in [0.05, 0.1) is 5.92 Å². The number of aliphatic hydroxyl groups excluding tert-OH is 3. The minimum absolute atomic E-state index is 0.203. The summed E-state index contributed by atoms with van der Waals surface area (Å²) in [4.78, 5) is 37.4. The summed E-state index contributed by atoms with van der Waals surface area (Å²) in [6.45, 7) is 5.96. The number of rotatable bonds is 10. The van der Waals surface area contributed by atoms with Crippen LogP contribution in [0, 0.1) is 22.7 Å². The molecule has 0 radical (unpaired) electrons. The second-order valence-electron chi connectivity index (χ2n) is 10.5. The van der Waals surface area contributed by atoms with Gasteiger partial charge in [-0.05, 0) is 36.2 Å². The number of cyclic esters (lactones) is 1. The van der Waals surface area contributed by atoms with Crippen LogP contribution in [0.3, 0.4) is 0 Å². The third-order valence-electron chi connectivity index (χ3n) is 7.93. The molecule has 3 rings (SSSR count). The maximum absolute atomic E-state index is 13.1. The van der Waals surface area contributed by atoms with Crippen LogP contribution in [-0.2, 0) is 23.9 Å². The number of carbonyl (C=O) groups is 3. The van der Waals surface area contributed by atoms with Gasteiger partial charge in [-0.1, -0.05) is 65.4 Å². The average Bonchev–Trinajstić information content (AvgIpc) is 3.04. The van der Waals surface area contributed by atoms with Crippen LogP contribution < -0.4 is 0 Å². The lowest BCUT2D eigenvalue weighted by Gasteiger charge is -2.56. The fraction of sp³-hybridized carbons (Fsp3) is 0.800. The minimum atomic E-state index is -1.60. The molecule has 0 aromatic heterocycles. The molecule has 3 aliphatic rings. The van der Waals surface area contributed by atoms with Crippen molar-refractivity contribution in [3.8, 4) is 0 Å². The number of hydrogen-bond donors (Lipinski definition) is 3. The Morgan fingerprint density at radius 1 is 1.24 bits per heavy atom. The highest BCUT2D eigenvalue weighted by Crippen LogP contribution is 2.63. The van der Waals surface area contributed by atoms with Gasteiger partial charge >= 0.3 is 11.9 Å². The maximum atomic E-state index is 13.1. The van der Waals surface area contributed by atoms with E-state index in [1.807, 2.05) is 13.8 Å². The van der Waals surface area contributed by atoms with Gasteiger partial charge in [0.25, 0.3) is 0 Å². The van der Waals surface area contributed by atoms with Crippen molar-refractivity contribution in [2.75, 3.05) is 0 Å². The summed E-state index contributed by atoms with van der Waals surface area (Å²) in [5.74, 6) is -3.07. The number of ether oxygens (including phenoxy) is 2. The highest BCUT2D eigenvalue weighted by molar-refractivity contribution is 5.87. The number of aldehydes is 1. The Labute approximate surface area is 195 Å². The maximum Gasteiger partial charge on any atom is 0.335 e. The predicted molar refractivity (Wildman–Crippen MR) is 119 cm³/mol. The second kappa shape index (κ2) is 10.2. The summed E-state index contributed by atoms with van der Waals surface area (Å²) >= 11 is 0. The summed E-state index contributed by atoms with van der Waals surface area (Å²) in [6.07, 6.45) is 3.86. The van der Waals surface area contributed by atoms with E-state index in [0.717, 1.165) is 25.7 Å². The van der Waals surface area contributed by atoms with E-state index < -0.39 is 59.2 Å². The normalized spacial score (nSPS) is 35.6. The van der Waals surface area contributed by atoms with E-state index in [9.17, 15) is 29.7 Å². The molecule has 186 valence electrons. The van der Waals surface area contributed by atoms with E-state index in [1.165, 1.54) is 6.42 Å². The molecule has 0 amide bonds. The van der Waals surface area contributed by atoms with E-state index >= 15 is 0 Å². The van der Waals surface area contributed by atoms with Crippen molar-refractivity contribution in [3.05, 3.63) is 11.6 Å². The molecular weight excluding hydrogens is 428 g/mol.